The highest BCUT2D eigenvalue weighted by molar-refractivity contribution is 6.35. The van der Waals surface area contributed by atoms with Crippen LogP contribution in [0.2, 0.25) is 10.0 Å². The second-order valence-electron chi connectivity index (χ2n) is 10.5. The lowest BCUT2D eigenvalue weighted by Gasteiger charge is -2.47. The van der Waals surface area contributed by atoms with Crippen LogP contribution in [0.5, 0.6) is 5.75 Å². The van der Waals surface area contributed by atoms with Gasteiger partial charge in [-0.25, -0.2) is 4.79 Å². The summed E-state index contributed by atoms with van der Waals surface area (Å²) in [5.74, 6) is 1.53. The van der Waals surface area contributed by atoms with Gasteiger partial charge in [0.2, 0.25) is 0 Å². The van der Waals surface area contributed by atoms with Gasteiger partial charge in [-0.3, -0.25) is 4.90 Å². The fraction of sp³-hybridized carbons (Fsp3) is 0.536. The van der Waals surface area contributed by atoms with Crippen molar-refractivity contribution in [2.45, 2.75) is 52.6 Å². The molecule has 35 heavy (non-hydrogen) atoms. The molecule has 2 saturated heterocycles. The van der Waals surface area contributed by atoms with Crippen LogP contribution in [0.1, 0.15) is 50.7 Å². The lowest BCUT2D eigenvalue weighted by Crippen LogP contribution is -2.50. The van der Waals surface area contributed by atoms with Gasteiger partial charge in [0, 0.05) is 41.8 Å². The average molecular weight is 519 g/mol. The number of piperidine rings is 2. The SMILES string of the molecule is CC(C)COc1ccccc1CN1CCC2(CC1)CCN(C(=O)NCc1ccc(Cl)cc1Cl)CC2. The molecular formula is C28H37Cl2N3O2. The van der Waals surface area contributed by atoms with E-state index < -0.39 is 0 Å². The largest absolute Gasteiger partial charge is 0.493 e. The Bertz CT molecular complexity index is 995. The zero-order valence-electron chi connectivity index (χ0n) is 20.9. The van der Waals surface area contributed by atoms with Crippen molar-refractivity contribution in [3.63, 3.8) is 0 Å². The molecule has 0 saturated carbocycles. The molecule has 7 heteroatoms. The summed E-state index contributed by atoms with van der Waals surface area (Å²) >= 11 is 12.2. The maximum atomic E-state index is 12.7. The number of amides is 2. The summed E-state index contributed by atoms with van der Waals surface area (Å²) < 4.78 is 6.06. The highest BCUT2D eigenvalue weighted by Crippen LogP contribution is 2.41. The highest BCUT2D eigenvalue weighted by Gasteiger charge is 2.38. The maximum absolute atomic E-state index is 12.7. The van der Waals surface area contributed by atoms with Gasteiger partial charge in [-0.2, -0.15) is 0 Å². The van der Waals surface area contributed by atoms with Gasteiger partial charge in [0.05, 0.1) is 6.61 Å². The van der Waals surface area contributed by atoms with Gasteiger partial charge in [0.1, 0.15) is 5.75 Å². The highest BCUT2D eigenvalue weighted by atomic mass is 35.5. The molecule has 2 aromatic carbocycles. The van der Waals surface area contributed by atoms with E-state index >= 15 is 0 Å². The van der Waals surface area contributed by atoms with E-state index in [1.165, 1.54) is 18.4 Å². The van der Waals surface area contributed by atoms with E-state index in [0.717, 1.165) is 63.5 Å². The van der Waals surface area contributed by atoms with Crippen LogP contribution in [0.15, 0.2) is 42.5 Å². The standard InChI is InChI=1S/C28H37Cl2N3O2/c1-21(2)20-35-26-6-4-3-5-23(26)19-32-13-9-28(10-14-32)11-15-33(16-12-28)27(34)31-18-22-7-8-24(29)17-25(22)30/h3-8,17,21H,9-16,18-20H2,1-2H3,(H,31,34). The van der Waals surface area contributed by atoms with Crippen molar-refractivity contribution in [3.8, 4) is 5.75 Å². The Balaban J connectivity index is 1.23. The molecule has 1 spiro atoms. The Morgan fingerprint density at radius 2 is 1.69 bits per heavy atom. The first-order chi connectivity index (χ1) is 16.8. The van der Waals surface area contributed by atoms with E-state index in [-0.39, 0.29) is 6.03 Å². The number of carbonyl (C=O) groups is 1. The van der Waals surface area contributed by atoms with Crippen molar-refractivity contribution in [3.05, 3.63) is 63.6 Å². The summed E-state index contributed by atoms with van der Waals surface area (Å²) in [6.07, 6.45) is 4.53. The van der Waals surface area contributed by atoms with Crippen molar-refractivity contribution >= 4 is 29.2 Å². The first kappa shape index (κ1) is 26.1. The number of hydrogen-bond donors (Lipinski definition) is 1. The molecule has 2 aliphatic rings. The summed E-state index contributed by atoms with van der Waals surface area (Å²) in [5, 5.41) is 4.19. The van der Waals surface area contributed by atoms with E-state index in [9.17, 15) is 4.79 Å². The summed E-state index contributed by atoms with van der Waals surface area (Å²) in [6, 6.07) is 13.8. The summed E-state index contributed by atoms with van der Waals surface area (Å²) in [5.41, 5.74) is 2.51. The molecule has 2 fully saturated rings. The number of likely N-dealkylation sites (tertiary alicyclic amines) is 2. The van der Waals surface area contributed by atoms with Gasteiger partial charge in [-0.15, -0.1) is 0 Å². The van der Waals surface area contributed by atoms with Gasteiger partial charge in [-0.05, 0) is 73.9 Å². The Kier molecular flexibility index (Phi) is 8.85. The fourth-order valence-corrected chi connectivity index (χ4v) is 5.57. The Morgan fingerprint density at radius 3 is 2.37 bits per heavy atom. The normalized spacial score (nSPS) is 18.1. The lowest BCUT2D eigenvalue weighted by molar-refractivity contribution is 0.0421. The second kappa shape index (κ2) is 11.9. The monoisotopic (exact) mass is 517 g/mol. The molecule has 0 aromatic heterocycles. The molecule has 2 amide bonds. The zero-order valence-corrected chi connectivity index (χ0v) is 22.4. The lowest BCUT2D eigenvalue weighted by atomic mass is 9.71. The van der Waals surface area contributed by atoms with Gasteiger partial charge in [0.15, 0.2) is 0 Å². The van der Waals surface area contributed by atoms with Crippen molar-refractivity contribution in [1.29, 1.82) is 0 Å². The van der Waals surface area contributed by atoms with Crippen LogP contribution in [0.25, 0.3) is 0 Å². The number of halogens is 2. The number of carbonyl (C=O) groups excluding carboxylic acids is 1. The van der Waals surface area contributed by atoms with Gasteiger partial charge in [-0.1, -0.05) is 61.3 Å². The van der Waals surface area contributed by atoms with Gasteiger partial charge >= 0.3 is 6.03 Å². The van der Waals surface area contributed by atoms with E-state index in [2.05, 4.69) is 48.3 Å². The third kappa shape index (κ3) is 7.05. The Hall–Kier alpha value is -1.95. The summed E-state index contributed by atoms with van der Waals surface area (Å²) in [7, 11) is 0. The van der Waals surface area contributed by atoms with Gasteiger partial charge in [0.25, 0.3) is 0 Å². The van der Waals surface area contributed by atoms with Crippen LogP contribution in [0.3, 0.4) is 0 Å². The van der Waals surface area contributed by atoms with Gasteiger partial charge < -0.3 is 15.0 Å². The molecule has 2 aliphatic heterocycles. The van der Waals surface area contributed by atoms with E-state index in [1.807, 2.05) is 11.0 Å². The molecule has 0 atom stereocenters. The zero-order chi connectivity index (χ0) is 24.8. The molecule has 0 aliphatic carbocycles. The molecule has 190 valence electrons. The predicted octanol–water partition coefficient (Wildman–Crippen LogP) is 6.62. The van der Waals surface area contributed by atoms with Crippen molar-refractivity contribution in [2.75, 3.05) is 32.8 Å². The molecule has 2 heterocycles. The van der Waals surface area contributed by atoms with E-state index in [0.29, 0.717) is 27.9 Å². The van der Waals surface area contributed by atoms with Crippen molar-refractivity contribution in [1.82, 2.24) is 15.1 Å². The third-order valence-corrected chi connectivity index (χ3v) is 8.00. The van der Waals surface area contributed by atoms with E-state index in [1.54, 1.807) is 12.1 Å². The van der Waals surface area contributed by atoms with Crippen LogP contribution in [0.4, 0.5) is 4.79 Å². The molecule has 4 rings (SSSR count). The molecule has 2 aromatic rings. The first-order valence-corrected chi connectivity index (χ1v) is 13.5. The van der Waals surface area contributed by atoms with Crippen molar-refractivity contribution in [2.24, 2.45) is 11.3 Å². The second-order valence-corrected chi connectivity index (χ2v) is 11.3. The Labute approximate surface area is 219 Å². The quantitative estimate of drug-likeness (QED) is 0.448. The maximum Gasteiger partial charge on any atom is 0.317 e. The smallest absolute Gasteiger partial charge is 0.317 e. The van der Waals surface area contributed by atoms with Crippen LogP contribution in [-0.2, 0) is 13.1 Å². The summed E-state index contributed by atoms with van der Waals surface area (Å²) in [4.78, 5) is 17.2. The van der Waals surface area contributed by atoms with Crippen LogP contribution >= 0.6 is 23.2 Å². The number of benzene rings is 2. The topological polar surface area (TPSA) is 44.8 Å². The molecule has 0 radical (unpaired) electrons. The molecule has 1 N–H and O–H groups in total. The molecular weight excluding hydrogens is 481 g/mol. The van der Waals surface area contributed by atoms with E-state index in [4.69, 9.17) is 27.9 Å². The minimum absolute atomic E-state index is 0.0127. The number of ether oxygens (including phenoxy) is 1. The molecule has 0 bridgehead atoms. The van der Waals surface area contributed by atoms with Crippen LogP contribution < -0.4 is 10.1 Å². The molecule has 0 unspecified atom stereocenters. The molecule has 5 nitrogen and oxygen atoms in total. The average Bonchev–Trinajstić information content (AvgIpc) is 2.85. The summed E-state index contributed by atoms with van der Waals surface area (Å²) in [6.45, 7) is 10.3. The minimum Gasteiger partial charge on any atom is -0.493 e. The van der Waals surface area contributed by atoms with Crippen LogP contribution in [0, 0.1) is 11.3 Å². The number of para-hydroxylation sites is 1. The van der Waals surface area contributed by atoms with Crippen LogP contribution in [-0.4, -0.2) is 48.6 Å². The minimum atomic E-state index is -0.0127. The number of urea groups is 1. The number of hydrogen-bond acceptors (Lipinski definition) is 3. The Morgan fingerprint density at radius 1 is 1.00 bits per heavy atom. The third-order valence-electron chi connectivity index (χ3n) is 7.41. The van der Waals surface area contributed by atoms with Crippen molar-refractivity contribution < 1.29 is 9.53 Å². The fourth-order valence-electron chi connectivity index (χ4n) is 5.09. The number of nitrogens with one attached hydrogen (secondary N) is 1. The first-order valence-electron chi connectivity index (χ1n) is 12.7. The number of nitrogens with zero attached hydrogens (tertiary/aromatic N) is 2. The number of rotatable bonds is 7. The predicted molar refractivity (Wildman–Crippen MR) is 143 cm³/mol.